The summed E-state index contributed by atoms with van der Waals surface area (Å²) in [5.41, 5.74) is 3.22. The van der Waals surface area contributed by atoms with Crippen molar-refractivity contribution in [2.75, 3.05) is 18.0 Å². The van der Waals surface area contributed by atoms with Crippen molar-refractivity contribution in [3.8, 4) is 5.75 Å². The summed E-state index contributed by atoms with van der Waals surface area (Å²) >= 11 is 6.28. The quantitative estimate of drug-likeness (QED) is 0.348. The number of halogens is 1. The number of nitrogens with two attached hydrogens (primary N) is 1. The summed E-state index contributed by atoms with van der Waals surface area (Å²) in [7, 11) is -3.55. The van der Waals surface area contributed by atoms with Gasteiger partial charge >= 0.3 is 5.97 Å². The zero-order valence-electron chi connectivity index (χ0n) is 23.8. The van der Waals surface area contributed by atoms with E-state index in [1.165, 1.54) is 5.56 Å². The van der Waals surface area contributed by atoms with Gasteiger partial charge in [-0.25, -0.2) is 18.4 Å². The SMILES string of the molecule is NS(=O)(=O)[C@@H]1CCC[C@H](/C=C/[C@H](O)[C@@H]2CC[C@H]2CN2CCCCc3cc(Cl)ccc3COc3ccc(C(=O)O)cc32)C1. The summed E-state index contributed by atoms with van der Waals surface area (Å²) in [5, 5.41) is 26.4. The first kappa shape index (κ1) is 30.9. The number of fused-ring (bicyclic) bond motifs is 2. The first-order chi connectivity index (χ1) is 20.1. The Morgan fingerprint density at radius 1 is 1.10 bits per heavy atom. The lowest BCUT2D eigenvalue weighted by atomic mass is 9.70. The Labute approximate surface area is 253 Å². The zero-order chi connectivity index (χ0) is 29.9. The molecule has 42 heavy (non-hydrogen) atoms. The van der Waals surface area contributed by atoms with E-state index >= 15 is 0 Å². The van der Waals surface area contributed by atoms with E-state index in [1.807, 2.05) is 30.4 Å². The molecule has 2 aromatic rings. The molecule has 1 heterocycles. The van der Waals surface area contributed by atoms with Gasteiger partial charge in [0.05, 0.1) is 22.6 Å². The first-order valence-electron chi connectivity index (χ1n) is 15.0. The molecule has 228 valence electrons. The number of hydrogen-bond donors (Lipinski definition) is 3. The smallest absolute Gasteiger partial charge is 0.335 e. The number of carbonyl (C=O) groups is 1. The monoisotopic (exact) mass is 616 g/mol. The highest BCUT2D eigenvalue weighted by Gasteiger charge is 2.37. The van der Waals surface area contributed by atoms with Gasteiger partial charge in [0.2, 0.25) is 10.0 Å². The number of anilines is 1. The standard InChI is InChI=1S/C32H41ClN2O6S/c33-26-11-8-25-20-41-31-14-10-23(32(37)38)18-29(31)35(15-2-1-5-22(25)17-26)19-24-9-12-28(24)30(36)13-7-21-4-3-6-27(16-21)42(34,39)40/h7-8,10-11,13-14,17-18,21,24,27-28,30,36H,1-6,9,12,15-16,19-20H2,(H,37,38)(H2,34,39,40)/b13-7+/t21-,24+,27-,28-,30+/m1/s1. The van der Waals surface area contributed by atoms with Gasteiger partial charge in [0.25, 0.3) is 0 Å². The van der Waals surface area contributed by atoms with Crippen molar-refractivity contribution >= 4 is 33.3 Å². The lowest BCUT2D eigenvalue weighted by Crippen LogP contribution is -2.43. The van der Waals surface area contributed by atoms with E-state index in [9.17, 15) is 23.4 Å². The molecule has 0 spiro atoms. The molecule has 2 fully saturated rings. The Kier molecular flexibility index (Phi) is 9.82. The maximum absolute atomic E-state index is 11.9. The van der Waals surface area contributed by atoms with Gasteiger partial charge in [-0.15, -0.1) is 0 Å². The van der Waals surface area contributed by atoms with Crippen molar-refractivity contribution in [2.24, 2.45) is 22.9 Å². The number of aliphatic hydroxyl groups excluding tert-OH is 1. The van der Waals surface area contributed by atoms with Gasteiger partial charge in [-0.05, 0) is 111 Å². The average Bonchev–Trinajstić information content (AvgIpc) is 2.97. The largest absolute Gasteiger partial charge is 0.487 e. The Morgan fingerprint density at radius 3 is 2.67 bits per heavy atom. The molecule has 2 saturated carbocycles. The van der Waals surface area contributed by atoms with Gasteiger partial charge in [-0.1, -0.05) is 36.2 Å². The molecule has 2 aliphatic carbocycles. The second-order valence-electron chi connectivity index (χ2n) is 12.1. The Morgan fingerprint density at radius 2 is 1.93 bits per heavy atom. The number of carboxylic acid groups (broad SMARTS) is 1. The summed E-state index contributed by atoms with van der Waals surface area (Å²) in [6, 6.07) is 10.9. The van der Waals surface area contributed by atoms with Crippen LogP contribution in [0.4, 0.5) is 5.69 Å². The summed E-state index contributed by atoms with van der Waals surface area (Å²) in [5.74, 6) is 0.0622. The normalized spacial score (nSPS) is 25.8. The lowest BCUT2D eigenvalue weighted by Gasteiger charge is -2.42. The van der Waals surface area contributed by atoms with Gasteiger partial charge in [-0.3, -0.25) is 0 Å². The molecule has 5 atom stereocenters. The second-order valence-corrected chi connectivity index (χ2v) is 14.4. The van der Waals surface area contributed by atoms with Crippen molar-refractivity contribution in [3.05, 3.63) is 70.3 Å². The fraction of sp³-hybridized carbons (Fsp3) is 0.531. The average molecular weight is 617 g/mol. The Hall–Kier alpha value is -2.59. The van der Waals surface area contributed by atoms with Crippen LogP contribution in [0.3, 0.4) is 0 Å². The molecule has 2 aromatic carbocycles. The van der Waals surface area contributed by atoms with Gasteiger partial charge < -0.3 is 19.8 Å². The molecule has 0 aromatic heterocycles. The lowest BCUT2D eigenvalue weighted by molar-refractivity contribution is 0.0459. The highest BCUT2D eigenvalue weighted by atomic mass is 35.5. The fourth-order valence-electron chi connectivity index (χ4n) is 6.69. The van der Waals surface area contributed by atoms with Crippen LogP contribution in [0, 0.1) is 17.8 Å². The predicted octanol–water partition coefficient (Wildman–Crippen LogP) is 5.55. The summed E-state index contributed by atoms with van der Waals surface area (Å²) in [6.07, 6.45) is 10.6. The minimum atomic E-state index is -3.55. The minimum absolute atomic E-state index is 0.0792. The molecular formula is C32H41ClN2O6S. The third-order valence-corrected chi connectivity index (χ3v) is 10.9. The number of aryl methyl sites for hydroxylation is 1. The van der Waals surface area contributed by atoms with Gasteiger partial charge in [0.15, 0.2) is 0 Å². The zero-order valence-corrected chi connectivity index (χ0v) is 25.4. The number of aliphatic hydroxyl groups is 1. The van der Waals surface area contributed by atoms with Crippen molar-refractivity contribution in [1.82, 2.24) is 0 Å². The second kappa shape index (κ2) is 13.4. The number of sulfonamides is 1. The number of carboxylic acids is 1. The molecule has 8 nitrogen and oxygen atoms in total. The van der Waals surface area contributed by atoms with Crippen LogP contribution in [0.15, 0.2) is 48.6 Å². The molecule has 4 N–H and O–H groups in total. The number of ether oxygens (including phenoxy) is 1. The number of primary sulfonamides is 1. The first-order valence-corrected chi connectivity index (χ1v) is 17.0. The number of nitrogens with zero attached hydrogens (tertiary/aromatic N) is 1. The van der Waals surface area contributed by atoms with Crippen molar-refractivity contribution in [2.45, 2.75) is 75.7 Å². The number of aromatic carboxylic acids is 1. The van der Waals surface area contributed by atoms with Crippen LogP contribution in [-0.2, 0) is 23.1 Å². The van der Waals surface area contributed by atoms with E-state index in [0.717, 1.165) is 62.7 Å². The summed E-state index contributed by atoms with van der Waals surface area (Å²) in [6.45, 7) is 1.79. The molecule has 0 unspecified atom stereocenters. The highest BCUT2D eigenvalue weighted by Crippen LogP contribution is 2.41. The molecule has 1 aliphatic heterocycles. The van der Waals surface area contributed by atoms with Gasteiger partial charge in [0.1, 0.15) is 12.4 Å². The number of hydrogen-bond acceptors (Lipinski definition) is 6. The summed E-state index contributed by atoms with van der Waals surface area (Å²) < 4.78 is 30.0. The molecule has 0 saturated heterocycles. The minimum Gasteiger partial charge on any atom is -0.487 e. The molecule has 5 rings (SSSR count). The molecule has 0 amide bonds. The van der Waals surface area contributed by atoms with Crippen molar-refractivity contribution in [3.63, 3.8) is 0 Å². The third-order valence-electron chi connectivity index (χ3n) is 9.30. The van der Waals surface area contributed by atoms with Crippen molar-refractivity contribution in [1.29, 1.82) is 0 Å². The van der Waals surface area contributed by atoms with Crippen LogP contribution in [0.1, 0.15) is 72.9 Å². The fourth-order valence-corrected chi connectivity index (χ4v) is 7.90. The van der Waals surface area contributed by atoms with E-state index < -0.39 is 27.3 Å². The molecule has 0 bridgehead atoms. The Balaban J connectivity index is 1.31. The van der Waals surface area contributed by atoms with Crippen LogP contribution < -0.4 is 14.8 Å². The predicted molar refractivity (Wildman–Crippen MR) is 165 cm³/mol. The molecular weight excluding hydrogens is 576 g/mol. The van der Waals surface area contributed by atoms with Crippen LogP contribution in [0.5, 0.6) is 5.75 Å². The third kappa shape index (κ3) is 7.48. The number of allylic oxidation sites excluding steroid dienone is 1. The number of rotatable bonds is 7. The molecule has 10 heteroatoms. The van der Waals surface area contributed by atoms with E-state index in [4.69, 9.17) is 21.5 Å². The van der Waals surface area contributed by atoms with E-state index in [0.29, 0.717) is 36.8 Å². The van der Waals surface area contributed by atoms with Crippen LogP contribution >= 0.6 is 11.6 Å². The topological polar surface area (TPSA) is 130 Å². The summed E-state index contributed by atoms with van der Waals surface area (Å²) in [4.78, 5) is 14.1. The van der Waals surface area contributed by atoms with E-state index in [2.05, 4.69) is 4.90 Å². The highest BCUT2D eigenvalue weighted by molar-refractivity contribution is 7.89. The van der Waals surface area contributed by atoms with Gasteiger partial charge in [-0.2, -0.15) is 0 Å². The van der Waals surface area contributed by atoms with E-state index in [1.54, 1.807) is 18.2 Å². The van der Waals surface area contributed by atoms with Gasteiger partial charge in [0, 0.05) is 18.1 Å². The van der Waals surface area contributed by atoms with E-state index in [-0.39, 0.29) is 23.3 Å². The molecule has 3 aliphatic rings. The van der Waals surface area contributed by atoms with Crippen molar-refractivity contribution < 1.29 is 28.2 Å². The van der Waals surface area contributed by atoms with Crippen LogP contribution in [0.2, 0.25) is 5.02 Å². The van der Waals surface area contributed by atoms with Crippen LogP contribution in [0.25, 0.3) is 0 Å². The molecule has 0 radical (unpaired) electrons. The maximum atomic E-state index is 11.9. The Bertz CT molecular complexity index is 1410. The number of benzene rings is 2. The van der Waals surface area contributed by atoms with Crippen LogP contribution in [-0.4, -0.2) is 49.0 Å². The maximum Gasteiger partial charge on any atom is 0.335 e.